The van der Waals surface area contributed by atoms with Gasteiger partial charge in [0.2, 0.25) is 12.7 Å². The molecule has 2 aromatic carbocycles. The number of hydrogen-bond donors (Lipinski definition) is 1. The van der Waals surface area contributed by atoms with Crippen LogP contribution < -0.4 is 14.8 Å². The maximum atomic E-state index is 13.2. The number of ether oxygens (including phenoxy) is 2. The molecule has 1 atom stereocenters. The Morgan fingerprint density at radius 1 is 1.03 bits per heavy atom. The van der Waals surface area contributed by atoms with E-state index in [1.165, 1.54) is 5.56 Å². The second-order valence-corrected chi connectivity index (χ2v) is 9.20. The lowest BCUT2D eigenvalue weighted by Gasteiger charge is -2.20. The number of aryl methyl sites for hydroxylation is 1. The Labute approximate surface area is 194 Å². The number of amides is 1. The van der Waals surface area contributed by atoms with Crippen molar-refractivity contribution in [3.63, 3.8) is 0 Å². The van der Waals surface area contributed by atoms with Crippen molar-refractivity contribution in [3.8, 4) is 22.6 Å². The smallest absolute Gasteiger partial charge is 0.236 e. The van der Waals surface area contributed by atoms with E-state index >= 15 is 0 Å². The molecule has 0 spiro atoms. The minimum absolute atomic E-state index is 0.0250. The van der Waals surface area contributed by atoms with Crippen LogP contribution in [0.5, 0.6) is 11.5 Å². The first-order valence-corrected chi connectivity index (χ1v) is 11.3. The van der Waals surface area contributed by atoms with E-state index in [-0.39, 0.29) is 12.7 Å². The first-order valence-electron chi connectivity index (χ1n) is 11.3. The number of fused-ring (bicyclic) bond motifs is 1. The van der Waals surface area contributed by atoms with Gasteiger partial charge in [-0.2, -0.15) is 0 Å². The first-order chi connectivity index (χ1) is 15.9. The number of nitrogens with one attached hydrogen (secondary N) is 1. The van der Waals surface area contributed by atoms with Crippen molar-refractivity contribution in [2.45, 2.75) is 38.1 Å². The van der Waals surface area contributed by atoms with Gasteiger partial charge in [0.05, 0.1) is 5.41 Å². The number of pyridine rings is 1. The van der Waals surface area contributed by atoms with Crippen molar-refractivity contribution in [1.82, 2.24) is 9.88 Å². The van der Waals surface area contributed by atoms with E-state index in [1.807, 2.05) is 37.3 Å². The quantitative estimate of drug-likeness (QED) is 0.576. The molecule has 2 aliphatic rings. The third-order valence-electron chi connectivity index (χ3n) is 6.92. The van der Waals surface area contributed by atoms with Crippen molar-refractivity contribution in [3.05, 3.63) is 71.4 Å². The van der Waals surface area contributed by atoms with Crippen LogP contribution in [0.2, 0.25) is 0 Å². The molecule has 33 heavy (non-hydrogen) atoms. The first kappa shape index (κ1) is 21.5. The number of carbonyl (C=O) groups excluding carboxylic acids is 1. The monoisotopic (exact) mass is 443 g/mol. The lowest BCUT2D eigenvalue weighted by atomic mass is 9.94. The van der Waals surface area contributed by atoms with E-state index in [2.05, 4.69) is 60.5 Å². The number of anilines is 1. The van der Waals surface area contributed by atoms with E-state index in [9.17, 15) is 4.79 Å². The van der Waals surface area contributed by atoms with Crippen LogP contribution in [-0.2, 0) is 10.2 Å². The summed E-state index contributed by atoms with van der Waals surface area (Å²) < 4.78 is 10.9. The van der Waals surface area contributed by atoms with Gasteiger partial charge in [-0.15, -0.1) is 0 Å². The predicted octanol–water partition coefficient (Wildman–Crippen LogP) is 5.08. The van der Waals surface area contributed by atoms with Crippen molar-refractivity contribution >= 4 is 11.7 Å². The summed E-state index contributed by atoms with van der Waals surface area (Å²) in [7, 11) is 4.16. The van der Waals surface area contributed by atoms with Crippen LogP contribution in [-0.4, -0.2) is 36.7 Å². The molecule has 0 radical (unpaired) electrons. The molecule has 1 fully saturated rings. The molecule has 1 N–H and O–H groups in total. The van der Waals surface area contributed by atoms with Crippen LogP contribution in [0, 0.1) is 6.92 Å². The summed E-state index contributed by atoms with van der Waals surface area (Å²) in [4.78, 5) is 20.1. The highest BCUT2D eigenvalue weighted by Crippen LogP contribution is 2.51. The fraction of sp³-hybridized carbons (Fsp3) is 0.333. The summed E-state index contributed by atoms with van der Waals surface area (Å²) in [5.74, 6) is 1.98. The van der Waals surface area contributed by atoms with Crippen LogP contribution in [0.3, 0.4) is 0 Å². The lowest BCUT2D eigenvalue weighted by molar-refractivity contribution is -0.118. The lowest BCUT2D eigenvalue weighted by Crippen LogP contribution is -2.28. The molecule has 1 unspecified atom stereocenters. The predicted molar refractivity (Wildman–Crippen MR) is 129 cm³/mol. The Balaban J connectivity index is 1.32. The molecular weight excluding hydrogens is 414 g/mol. The summed E-state index contributed by atoms with van der Waals surface area (Å²) in [6.45, 7) is 4.40. The van der Waals surface area contributed by atoms with Crippen LogP contribution in [0.15, 0.2) is 54.6 Å². The zero-order chi connectivity index (χ0) is 23.2. The molecule has 5 rings (SSSR count). The minimum Gasteiger partial charge on any atom is -0.454 e. The Bertz CT molecular complexity index is 1200. The van der Waals surface area contributed by atoms with Crippen LogP contribution in [0.1, 0.15) is 42.6 Å². The van der Waals surface area contributed by atoms with E-state index in [1.54, 1.807) is 0 Å². The zero-order valence-electron chi connectivity index (χ0n) is 19.5. The SMILES string of the molecule is Cc1nc(NC(=O)C2(c3ccc4c(c3)OCO4)CC2)ccc1-c1ccc(C(C)N(C)C)cc1. The standard InChI is InChI=1S/C27H29N3O3/c1-17-22(20-7-5-19(6-8-20)18(2)30(3)4)10-12-25(28-17)29-26(31)27(13-14-27)21-9-11-23-24(15-21)33-16-32-23/h5-12,15,18H,13-14,16H2,1-4H3,(H,28,29,31). The molecule has 1 aromatic heterocycles. The minimum atomic E-state index is -0.520. The van der Waals surface area contributed by atoms with Gasteiger partial charge in [-0.1, -0.05) is 30.3 Å². The van der Waals surface area contributed by atoms with Gasteiger partial charge in [-0.3, -0.25) is 4.79 Å². The maximum absolute atomic E-state index is 13.2. The average molecular weight is 444 g/mol. The molecule has 1 aliphatic heterocycles. The fourth-order valence-electron chi connectivity index (χ4n) is 4.38. The van der Waals surface area contributed by atoms with Gasteiger partial charge in [-0.25, -0.2) is 4.98 Å². The molecule has 2 heterocycles. The number of benzene rings is 2. The third-order valence-corrected chi connectivity index (χ3v) is 6.92. The summed E-state index contributed by atoms with van der Waals surface area (Å²) in [5, 5.41) is 3.04. The Hall–Kier alpha value is -3.38. The molecule has 1 aliphatic carbocycles. The molecule has 1 amide bonds. The third kappa shape index (κ3) is 3.95. The van der Waals surface area contributed by atoms with Crippen molar-refractivity contribution in [2.24, 2.45) is 0 Å². The zero-order valence-corrected chi connectivity index (χ0v) is 19.5. The highest BCUT2D eigenvalue weighted by molar-refractivity contribution is 6.01. The number of rotatable bonds is 6. The number of aromatic nitrogens is 1. The van der Waals surface area contributed by atoms with Gasteiger partial charge in [0, 0.05) is 17.3 Å². The summed E-state index contributed by atoms with van der Waals surface area (Å²) in [6.07, 6.45) is 1.63. The molecule has 0 saturated heterocycles. The Kier molecular flexibility index (Phi) is 5.33. The average Bonchev–Trinajstić information content (AvgIpc) is 3.49. The van der Waals surface area contributed by atoms with Crippen LogP contribution >= 0.6 is 0 Å². The maximum Gasteiger partial charge on any atom is 0.236 e. The molecule has 6 heteroatoms. The molecule has 170 valence electrons. The van der Waals surface area contributed by atoms with E-state index < -0.39 is 5.41 Å². The molecule has 1 saturated carbocycles. The number of nitrogens with zero attached hydrogens (tertiary/aromatic N) is 2. The topological polar surface area (TPSA) is 63.7 Å². The fourth-order valence-corrected chi connectivity index (χ4v) is 4.38. The largest absolute Gasteiger partial charge is 0.454 e. The van der Waals surface area contributed by atoms with Gasteiger partial charge in [-0.05, 0) is 81.7 Å². The van der Waals surface area contributed by atoms with E-state index in [0.29, 0.717) is 17.6 Å². The Morgan fingerprint density at radius 2 is 1.76 bits per heavy atom. The summed E-state index contributed by atoms with van der Waals surface area (Å²) in [5.41, 5.74) is 4.78. The van der Waals surface area contributed by atoms with Crippen LogP contribution in [0.25, 0.3) is 11.1 Å². The van der Waals surface area contributed by atoms with Crippen LogP contribution in [0.4, 0.5) is 5.82 Å². The van der Waals surface area contributed by atoms with E-state index in [0.717, 1.165) is 41.0 Å². The van der Waals surface area contributed by atoms with Gasteiger partial charge in [0.15, 0.2) is 11.5 Å². The second-order valence-electron chi connectivity index (χ2n) is 9.20. The van der Waals surface area contributed by atoms with Gasteiger partial charge in [0.1, 0.15) is 5.82 Å². The van der Waals surface area contributed by atoms with Gasteiger partial charge >= 0.3 is 0 Å². The van der Waals surface area contributed by atoms with Gasteiger partial charge in [0.25, 0.3) is 0 Å². The molecular formula is C27H29N3O3. The normalized spacial score (nSPS) is 16.5. The number of carbonyl (C=O) groups is 1. The highest BCUT2D eigenvalue weighted by Gasteiger charge is 2.51. The van der Waals surface area contributed by atoms with Crippen molar-refractivity contribution < 1.29 is 14.3 Å². The van der Waals surface area contributed by atoms with Gasteiger partial charge < -0.3 is 19.7 Å². The molecule has 0 bridgehead atoms. The van der Waals surface area contributed by atoms with Crippen molar-refractivity contribution in [2.75, 3.05) is 26.2 Å². The number of hydrogen-bond acceptors (Lipinski definition) is 5. The second kappa shape index (κ2) is 8.19. The van der Waals surface area contributed by atoms with Crippen molar-refractivity contribution in [1.29, 1.82) is 0 Å². The van der Waals surface area contributed by atoms with E-state index in [4.69, 9.17) is 9.47 Å². The Morgan fingerprint density at radius 3 is 2.42 bits per heavy atom. The molecule has 3 aromatic rings. The molecule has 6 nitrogen and oxygen atoms in total. The highest BCUT2D eigenvalue weighted by atomic mass is 16.7. The summed E-state index contributed by atoms with van der Waals surface area (Å²) in [6, 6.07) is 18.6. The summed E-state index contributed by atoms with van der Waals surface area (Å²) >= 11 is 0.